The molecule has 0 aliphatic carbocycles. The Morgan fingerprint density at radius 1 is 1.12 bits per heavy atom. The first-order valence-electron chi connectivity index (χ1n) is 7.05. The molecule has 6 nitrogen and oxygen atoms in total. The number of nitrogens with zero attached hydrogens (tertiary/aromatic N) is 1. The van der Waals surface area contributed by atoms with Gasteiger partial charge in [0.25, 0.3) is 11.8 Å². The Kier molecular flexibility index (Phi) is 4.83. The third kappa shape index (κ3) is 3.96. The maximum atomic E-state index is 12.4. The number of amides is 2. The van der Waals surface area contributed by atoms with E-state index in [1.807, 2.05) is 6.07 Å². The Morgan fingerprint density at radius 2 is 1.96 bits per heavy atom. The van der Waals surface area contributed by atoms with Gasteiger partial charge >= 0.3 is 0 Å². The summed E-state index contributed by atoms with van der Waals surface area (Å²) in [4.78, 5) is 28.7. The zero-order valence-electron chi connectivity index (χ0n) is 12.4. The molecule has 2 aromatic heterocycles. The Morgan fingerprint density at radius 3 is 2.62 bits per heavy atom. The molecule has 0 radical (unpaired) electrons. The van der Waals surface area contributed by atoms with Crippen molar-refractivity contribution in [3.05, 3.63) is 77.3 Å². The summed E-state index contributed by atoms with van der Waals surface area (Å²) in [5.74, 6) is -0.416. The van der Waals surface area contributed by atoms with Gasteiger partial charge < -0.3 is 9.73 Å². The van der Waals surface area contributed by atoms with Crippen LogP contribution < -0.4 is 10.6 Å². The molecule has 2 amide bonds. The van der Waals surface area contributed by atoms with Gasteiger partial charge in [-0.1, -0.05) is 18.2 Å². The normalized spacial score (nSPS) is 11.1. The number of rotatable bonds is 5. The predicted molar refractivity (Wildman–Crippen MR) is 91.3 cm³/mol. The molecule has 0 aliphatic heterocycles. The summed E-state index contributed by atoms with van der Waals surface area (Å²) in [6.45, 7) is 0. The highest BCUT2D eigenvalue weighted by Crippen LogP contribution is 2.13. The van der Waals surface area contributed by atoms with Crippen molar-refractivity contribution >= 4 is 34.4 Å². The molecule has 0 aliphatic rings. The molecule has 3 aromatic rings. The van der Waals surface area contributed by atoms with Crippen molar-refractivity contribution in [2.75, 3.05) is 5.32 Å². The van der Waals surface area contributed by atoms with Crippen LogP contribution in [0.15, 0.2) is 70.4 Å². The standard InChI is InChI=1S/C17H13N3O3S/c21-15(12-5-2-1-3-6-12)19-14(11-13-7-4-9-23-13)16(22)20-17-18-8-10-24-17/h1-11H,(H,19,21)(H,18,20,22). The molecular formula is C17H13N3O3S. The lowest BCUT2D eigenvalue weighted by molar-refractivity contribution is -0.113. The molecule has 0 unspecified atom stereocenters. The third-order valence-corrected chi connectivity index (χ3v) is 3.70. The van der Waals surface area contributed by atoms with Crippen molar-refractivity contribution in [3.8, 4) is 0 Å². The molecule has 0 saturated heterocycles. The lowest BCUT2D eigenvalue weighted by Crippen LogP contribution is -2.30. The SMILES string of the molecule is O=C(Nc1nccs1)C(=Cc1ccco1)NC(=O)c1ccccc1. The quantitative estimate of drug-likeness (QED) is 0.699. The Labute approximate surface area is 141 Å². The van der Waals surface area contributed by atoms with Gasteiger partial charge in [-0.2, -0.15) is 0 Å². The molecule has 24 heavy (non-hydrogen) atoms. The van der Waals surface area contributed by atoms with Crippen molar-refractivity contribution in [1.29, 1.82) is 0 Å². The first-order valence-corrected chi connectivity index (χ1v) is 7.93. The lowest BCUT2D eigenvalue weighted by Gasteiger charge is -2.09. The highest BCUT2D eigenvalue weighted by atomic mass is 32.1. The van der Waals surface area contributed by atoms with E-state index in [1.54, 1.807) is 48.0 Å². The van der Waals surface area contributed by atoms with Crippen molar-refractivity contribution in [2.45, 2.75) is 0 Å². The summed E-state index contributed by atoms with van der Waals surface area (Å²) in [6.07, 6.45) is 4.53. The minimum atomic E-state index is -0.481. The van der Waals surface area contributed by atoms with Crippen LogP contribution in [-0.4, -0.2) is 16.8 Å². The number of furan rings is 1. The van der Waals surface area contributed by atoms with Crippen LogP contribution in [0.5, 0.6) is 0 Å². The number of thiazole rings is 1. The summed E-state index contributed by atoms with van der Waals surface area (Å²) in [6, 6.07) is 12.0. The van der Waals surface area contributed by atoms with E-state index in [0.29, 0.717) is 16.5 Å². The summed E-state index contributed by atoms with van der Waals surface area (Å²) in [5.41, 5.74) is 0.513. The molecule has 0 spiro atoms. The number of benzene rings is 1. The van der Waals surface area contributed by atoms with Crippen molar-refractivity contribution < 1.29 is 14.0 Å². The number of carbonyl (C=O) groups excluding carboxylic acids is 2. The predicted octanol–water partition coefficient (Wildman–Crippen LogP) is 3.15. The Hall–Kier alpha value is -3.19. The van der Waals surface area contributed by atoms with E-state index in [9.17, 15) is 9.59 Å². The number of nitrogens with one attached hydrogen (secondary N) is 2. The third-order valence-electron chi connectivity index (χ3n) is 3.01. The summed E-state index contributed by atoms with van der Waals surface area (Å²) in [7, 11) is 0. The van der Waals surface area contributed by atoms with E-state index in [4.69, 9.17) is 4.42 Å². The maximum Gasteiger partial charge on any atom is 0.274 e. The fourth-order valence-corrected chi connectivity index (χ4v) is 2.43. The van der Waals surface area contributed by atoms with Gasteiger partial charge in [0, 0.05) is 23.2 Å². The van der Waals surface area contributed by atoms with E-state index in [2.05, 4.69) is 15.6 Å². The molecule has 0 saturated carbocycles. The van der Waals surface area contributed by atoms with E-state index in [0.717, 1.165) is 0 Å². The number of anilines is 1. The summed E-state index contributed by atoms with van der Waals surface area (Å²) < 4.78 is 5.22. The van der Waals surface area contributed by atoms with Gasteiger partial charge in [-0.05, 0) is 24.3 Å². The largest absolute Gasteiger partial charge is 0.465 e. The first-order chi connectivity index (χ1) is 11.7. The van der Waals surface area contributed by atoms with Gasteiger partial charge in [-0.3, -0.25) is 14.9 Å². The van der Waals surface area contributed by atoms with Gasteiger partial charge in [0.15, 0.2) is 5.13 Å². The maximum absolute atomic E-state index is 12.4. The average molecular weight is 339 g/mol. The van der Waals surface area contributed by atoms with Gasteiger partial charge in [0.05, 0.1) is 6.26 Å². The molecule has 0 fully saturated rings. The van der Waals surface area contributed by atoms with Gasteiger partial charge in [-0.15, -0.1) is 11.3 Å². The molecular weight excluding hydrogens is 326 g/mol. The molecule has 3 rings (SSSR count). The monoisotopic (exact) mass is 339 g/mol. The molecule has 0 atom stereocenters. The number of hydrogen-bond donors (Lipinski definition) is 2. The second-order valence-corrected chi connectivity index (χ2v) is 5.58. The molecule has 7 heteroatoms. The van der Waals surface area contributed by atoms with Crippen molar-refractivity contribution in [1.82, 2.24) is 10.3 Å². The van der Waals surface area contributed by atoms with E-state index >= 15 is 0 Å². The van der Waals surface area contributed by atoms with Crippen molar-refractivity contribution in [2.24, 2.45) is 0 Å². The van der Waals surface area contributed by atoms with Crippen LogP contribution in [-0.2, 0) is 4.79 Å². The first kappa shape index (κ1) is 15.7. The number of carbonyl (C=O) groups is 2. The topological polar surface area (TPSA) is 84.2 Å². The van der Waals surface area contributed by atoms with Crippen LogP contribution in [0.1, 0.15) is 16.1 Å². The van der Waals surface area contributed by atoms with Crippen LogP contribution in [0.4, 0.5) is 5.13 Å². The smallest absolute Gasteiger partial charge is 0.274 e. The summed E-state index contributed by atoms with van der Waals surface area (Å²) >= 11 is 1.29. The minimum absolute atomic E-state index is 0.0639. The highest BCUT2D eigenvalue weighted by Gasteiger charge is 2.16. The van der Waals surface area contributed by atoms with Crippen LogP contribution in [0.3, 0.4) is 0 Å². The molecule has 2 N–H and O–H groups in total. The fourth-order valence-electron chi connectivity index (χ4n) is 1.91. The number of aromatic nitrogens is 1. The van der Waals surface area contributed by atoms with Crippen LogP contribution in [0.25, 0.3) is 6.08 Å². The van der Waals surface area contributed by atoms with Crippen LogP contribution in [0, 0.1) is 0 Å². The van der Waals surface area contributed by atoms with Crippen LogP contribution >= 0.6 is 11.3 Å². The summed E-state index contributed by atoms with van der Waals surface area (Å²) in [5, 5.41) is 7.43. The molecule has 2 heterocycles. The van der Waals surface area contributed by atoms with Gasteiger partial charge in [0.1, 0.15) is 11.5 Å². The highest BCUT2D eigenvalue weighted by molar-refractivity contribution is 7.13. The second-order valence-electron chi connectivity index (χ2n) is 4.68. The second kappa shape index (κ2) is 7.38. The zero-order chi connectivity index (χ0) is 16.8. The van der Waals surface area contributed by atoms with Gasteiger partial charge in [-0.25, -0.2) is 4.98 Å². The molecule has 120 valence electrons. The fraction of sp³-hybridized carbons (Fsp3) is 0. The van der Waals surface area contributed by atoms with E-state index in [1.165, 1.54) is 23.7 Å². The minimum Gasteiger partial charge on any atom is -0.465 e. The number of hydrogen-bond acceptors (Lipinski definition) is 5. The average Bonchev–Trinajstić information content (AvgIpc) is 3.29. The molecule has 0 bridgehead atoms. The van der Waals surface area contributed by atoms with Crippen molar-refractivity contribution in [3.63, 3.8) is 0 Å². The van der Waals surface area contributed by atoms with Crippen LogP contribution in [0.2, 0.25) is 0 Å². The Balaban J connectivity index is 1.82. The van der Waals surface area contributed by atoms with E-state index in [-0.39, 0.29) is 11.6 Å². The Bertz CT molecular complexity index is 841. The molecule has 1 aromatic carbocycles. The zero-order valence-corrected chi connectivity index (χ0v) is 13.2. The van der Waals surface area contributed by atoms with Gasteiger partial charge in [0.2, 0.25) is 0 Å². The lowest BCUT2D eigenvalue weighted by atomic mass is 10.2. The van der Waals surface area contributed by atoms with E-state index < -0.39 is 5.91 Å².